The summed E-state index contributed by atoms with van der Waals surface area (Å²) >= 11 is 0. The molecule has 3 rings (SSSR count). The summed E-state index contributed by atoms with van der Waals surface area (Å²) in [5.41, 5.74) is 3.35. The largest absolute Gasteiger partial charge is 0.493 e. The molecule has 100 valence electrons. The van der Waals surface area contributed by atoms with E-state index in [1.165, 1.54) is 18.4 Å². The van der Waals surface area contributed by atoms with Gasteiger partial charge < -0.3 is 14.0 Å². The van der Waals surface area contributed by atoms with Crippen LogP contribution in [0.15, 0.2) is 22.7 Å². The number of methoxy groups -OCH3 is 2. The first-order valence-corrected chi connectivity index (χ1v) is 6.53. The first-order chi connectivity index (χ1) is 9.33. The molecule has 0 saturated carbocycles. The minimum atomic E-state index is 0.709. The Morgan fingerprint density at radius 3 is 2.63 bits per heavy atom. The van der Waals surface area contributed by atoms with Crippen LogP contribution in [0.3, 0.4) is 0 Å². The van der Waals surface area contributed by atoms with E-state index in [0.717, 1.165) is 35.6 Å². The molecule has 0 saturated heterocycles. The normalized spacial score (nSPS) is 14.0. The third-order valence-corrected chi connectivity index (χ3v) is 3.61. The van der Waals surface area contributed by atoms with Crippen LogP contribution in [0.25, 0.3) is 11.3 Å². The highest BCUT2D eigenvalue weighted by Crippen LogP contribution is 2.36. The van der Waals surface area contributed by atoms with Crippen molar-refractivity contribution in [2.75, 3.05) is 14.2 Å². The fourth-order valence-corrected chi connectivity index (χ4v) is 2.59. The van der Waals surface area contributed by atoms with Crippen LogP contribution in [0, 0.1) is 0 Å². The molecule has 1 aromatic heterocycles. The Morgan fingerprint density at radius 1 is 1.05 bits per heavy atom. The molecule has 4 nitrogen and oxygen atoms in total. The van der Waals surface area contributed by atoms with Crippen LogP contribution in [0.5, 0.6) is 11.5 Å². The smallest absolute Gasteiger partial charge is 0.170 e. The van der Waals surface area contributed by atoms with Gasteiger partial charge in [0.1, 0.15) is 0 Å². The summed E-state index contributed by atoms with van der Waals surface area (Å²) in [5, 5.41) is 4.18. The van der Waals surface area contributed by atoms with Crippen molar-refractivity contribution in [1.82, 2.24) is 5.16 Å². The number of nitrogens with zero attached hydrogens (tertiary/aromatic N) is 1. The molecular weight excluding hydrogens is 242 g/mol. The van der Waals surface area contributed by atoms with E-state index < -0.39 is 0 Å². The molecule has 0 spiro atoms. The lowest BCUT2D eigenvalue weighted by Crippen LogP contribution is -2.01. The van der Waals surface area contributed by atoms with Gasteiger partial charge in [-0.1, -0.05) is 5.16 Å². The number of fused-ring (bicyclic) bond motifs is 1. The minimum Gasteiger partial charge on any atom is -0.493 e. The van der Waals surface area contributed by atoms with Gasteiger partial charge in [0.15, 0.2) is 17.3 Å². The van der Waals surface area contributed by atoms with Crippen molar-refractivity contribution in [2.45, 2.75) is 25.7 Å². The maximum atomic E-state index is 5.53. The van der Waals surface area contributed by atoms with Crippen LogP contribution >= 0.6 is 0 Å². The number of hydrogen-bond acceptors (Lipinski definition) is 4. The maximum Gasteiger partial charge on any atom is 0.170 e. The number of ether oxygens (including phenoxy) is 2. The maximum absolute atomic E-state index is 5.53. The van der Waals surface area contributed by atoms with Gasteiger partial charge in [-0.3, -0.25) is 0 Å². The molecule has 0 fully saturated rings. The fraction of sp³-hybridized carbons (Fsp3) is 0.400. The molecule has 1 aromatic carbocycles. The molecule has 0 amide bonds. The zero-order chi connectivity index (χ0) is 13.2. The molecular formula is C15H17NO3. The Morgan fingerprint density at radius 2 is 1.84 bits per heavy atom. The second-order valence-corrected chi connectivity index (χ2v) is 4.71. The van der Waals surface area contributed by atoms with Gasteiger partial charge in [0.2, 0.25) is 0 Å². The zero-order valence-corrected chi connectivity index (χ0v) is 11.2. The van der Waals surface area contributed by atoms with Crippen molar-refractivity contribution in [3.8, 4) is 22.8 Å². The molecule has 0 N–H and O–H groups in total. The first kappa shape index (κ1) is 12.1. The van der Waals surface area contributed by atoms with Crippen molar-refractivity contribution >= 4 is 0 Å². The summed E-state index contributed by atoms with van der Waals surface area (Å²) in [4.78, 5) is 0. The summed E-state index contributed by atoms with van der Waals surface area (Å²) in [6, 6.07) is 5.82. The summed E-state index contributed by atoms with van der Waals surface area (Å²) < 4.78 is 16.1. The predicted octanol–water partition coefficient (Wildman–Crippen LogP) is 3.24. The van der Waals surface area contributed by atoms with Gasteiger partial charge in [0.25, 0.3) is 0 Å². The van der Waals surface area contributed by atoms with Crippen LogP contribution in [-0.2, 0) is 12.8 Å². The molecule has 4 heteroatoms. The Labute approximate surface area is 112 Å². The van der Waals surface area contributed by atoms with Gasteiger partial charge in [0.05, 0.1) is 19.9 Å². The summed E-state index contributed by atoms with van der Waals surface area (Å²) in [6.45, 7) is 0. The molecule has 19 heavy (non-hydrogen) atoms. The number of rotatable bonds is 3. The standard InChI is InChI=1S/C15H17NO3/c1-17-13-8-7-10(9-14(13)18-2)15-11-5-3-4-6-12(11)16-19-15/h7-9H,3-6H2,1-2H3. The van der Waals surface area contributed by atoms with Gasteiger partial charge in [-0.05, 0) is 43.9 Å². The topological polar surface area (TPSA) is 44.5 Å². The third-order valence-electron chi connectivity index (χ3n) is 3.61. The summed E-state index contributed by atoms with van der Waals surface area (Å²) in [7, 11) is 3.27. The lowest BCUT2D eigenvalue weighted by Gasteiger charge is -2.11. The Bertz CT molecular complexity index is 589. The summed E-state index contributed by atoms with van der Waals surface area (Å²) in [6.07, 6.45) is 4.47. The van der Waals surface area contributed by atoms with E-state index in [2.05, 4.69) is 5.16 Å². The van der Waals surface area contributed by atoms with Crippen molar-refractivity contribution in [3.63, 3.8) is 0 Å². The van der Waals surface area contributed by atoms with Crippen molar-refractivity contribution in [2.24, 2.45) is 0 Å². The number of aryl methyl sites for hydroxylation is 1. The van der Waals surface area contributed by atoms with Crippen LogP contribution in [-0.4, -0.2) is 19.4 Å². The quantitative estimate of drug-likeness (QED) is 0.848. The van der Waals surface area contributed by atoms with Gasteiger partial charge in [-0.15, -0.1) is 0 Å². The van der Waals surface area contributed by atoms with E-state index in [-0.39, 0.29) is 0 Å². The van der Waals surface area contributed by atoms with E-state index in [0.29, 0.717) is 5.75 Å². The van der Waals surface area contributed by atoms with E-state index in [4.69, 9.17) is 14.0 Å². The molecule has 1 heterocycles. The third kappa shape index (κ3) is 2.07. The highest BCUT2D eigenvalue weighted by atomic mass is 16.5. The molecule has 0 radical (unpaired) electrons. The first-order valence-electron chi connectivity index (χ1n) is 6.53. The highest BCUT2D eigenvalue weighted by Gasteiger charge is 2.21. The van der Waals surface area contributed by atoms with E-state index >= 15 is 0 Å². The predicted molar refractivity (Wildman–Crippen MR) is 71.7 cm³/mol. The van der Waals surface area contributed by atoms with Gasteiger partial charge in [0, 0.05) is 11.1 Å². The highest BCUT2D eigenvalue weighted by molar-refractivity contribution is 5.66. The van der Waals surface area contributed by atoms with E-state index in [1.54, 1.807) is 14.2 Å². The van der Waals surface area contributed by atoms with E-state index in [1.807, 2.05) is 18.2 Å². The van der Waals surface area contributed by atoms with Crippen molar-refractivity contribution in [3.05, 3.63) is 29.5 Å². The van der Waals surface area contributed by atoms with Crippen molar-refractivity contribution < 1.29 is 14.0 Å². The Kier molecular flexibility index (Phi) is 3.15. The van der Waals surface area contributed by atoms with Crippen LogP contribution in [0.2, 0.25) is 0 Å². The average Bonchev–Trinajstić information content (AvgIpc) is 2.90. The Balaban J connectivity index is 2.04. The number of aromatic nitrogens is 1. The molecule has 1 aliphatic rings. The molecule has 1 aliphatic carbocycles. The summed E-state index contributed by atoms with van der Waals surface area (Å²) in [5.74, 6) is 2.30. The van der Waals surface area contributed by atoms with Crippen LogP contribution < -0.4 is 9.47 Å². The minimum absolute atomic E-state index is 0.709. The van der Waals surface area contributed by atoms with Crippen LogP contribution in [0.1, 0.15) is 24.1 Å². The molecule has 0 atom stereocenters. The van der Waals surface area contributed by atoms with Gasteiger partial charge in [-0.2, -0.15) is 0 Å². The van der Waals surface area contributed by atoms with E-state index in [9.17, 15) is 0 Å². The lowest BCUT2D eigenvalue weighted by molar-refractivity contribution is 0.355. The SMILES string of the molecule is COc1ccc(-c2onc3c2CCCC3)cc1OC. The molecule has 2 aromatic rings. The lowest BCUT2D eigenvalue weighted by atomic mass is 9.94. The zero-order valence-electron chi connectivity index (χ0n) is 11.2. The van der Waals surface area contributed by atoms with Crippen LogP contribution in [0.4, 0.5) is 0 Å². The number of benzene rings is 1. The van der Waals surface area contributed by atoms with Gasteiger partial charge >= 0.3 is 0 Å². The molecule has 0 bridgehead atoms. The fourth-order valence-electron chi connectivity index (χ4n) is 2.59. The number of hydrogen-bond donors (Lipinski definition) is 0. The molecule has 0 unspecified atom stereocenters. The second kappa shape index (κ2) is 4.96. The molecule has 0 aliphatic heterocycles. The average molecular weight is 259 g/mol. The van der Waals surface area contributed by atoms with Gasteiger partial charge in [-0.25, -0.2) is 0 Å². The Hall–Kier alpha value is -1.97. The van der Waals surface area contributed by atoms with Crippen molar-refractivity contribution in [1.29, 1.82) is 0 Å². The monoisotopic (exact) mass is 259 g/mol. The second-order valence-electron chi connectivity index (χ2n) is 4.71.